The van der Waals surface area contributed by atoms with Gasteiger partial charge in [0.15, 0.2) is 23.0 Å². The summed E-state index contributed by atoms with van der Waals surface area (Å²) >= 11 is 0. The highest BCUT2D eigenvalue weighted by Gasteiger charge is 2.27. The van der Waals surface area contributed by atoms with Crippen molar-refractivity contribution in [3.8, 4) is 34.5 Å². The van der Waals surface area contributed by atoms with Gasteiger partial charge in [-0.25, -0.2) is 9.59 Å². The molecular formula is C34H34O8. The number of esters is 2. The number of carbonyl (C=O) groups is 2. The average Bonchev–Trinajstić information content (AvgIpc) is 3.04. The van der Waals surface area contributed by atoms with Crippen molar-refractivity contribution in [2.24, 2.45) is 0 Å². The van der Waals surface area contributed by atoms with Crippen LogP contribution in [0.15, 0.2) is 84.9 Å². The van der Waals surface area contributed by atoms with Crippen LogP contribution in [0.2, 0.25) is 0 Å². The van der Waals surface area contributed by atoms with E-state index in [0.717, 1.165) is 17.5 Å². The molecule has 0 aliphatic heterocycles. The fraction of sp³-hybridized carbons (Fsp3) is 0.235. The van der Waals surface area contributed by atoms with Crippen molar-refractivity contribution in [2.75, 3.05) is 28.4 Å². The van der Waals surface area contributed by atoms with Gasteiger partial charge in [-0.1, -0.05) is 38.1 Å². The van der Waals surface area contributed by atoms with Crippen molar-refractivity contribution < 1.29 is 38.0 Å². The summed E-state index contributed by atoms with van der Waals surface area (Å²) in [5, 5.41) is 0. The topological polar surface area (TPSA) is 89.5 Å². The Bertz CT molecular complexity index is 1430. The third kappa shape index (κ3) is 6.33. The summed E-state index contributed by atoms with van der Waals surface area (Å²) in [6.45, 7) is 4.25. The molecule has 0 unspecified atom stereocenters. The zero-order valence-electron chi connectivity index (χ0n) is 24.6. The normalized spacial score (nSPS) is 10.9. The molecule has 0 aliphatic carbocycles. The molecule has 0 atom stereocenters. The van der Waals surface area contributed by atoms with Gasteiger partial charge >= 0.3 is 11.9 Å². The molecule has 42 heavy (non-hydrogen) atoms. The zero-order valence-corrected chi connectivity index (χ0v) is 24.6. The quantitative estimate of drug-likeness (QED) is 0.143. The molecule has 8 heteroatoms. The van der Waals surface area contributed by atoms with E-state index in [1.165, 1.54) is 28.4 Å². The standard InChI is InChI=1S/C34H34O8/c1-7-34(2,24-10-14-26(15-11-24)41-32(35)22-8-18-28(37-3)30(20-22)39-5)25-12-16-27(17-13-25)42-33(36)23-9-19-29(38-4)31(21-23)40-6/h8-21H,7H2,1-6H3. The molecule has 0 heterocycles. The van der Waals surface area contributed by atoms with Gasteiger partial charge in [0.05, 0.1) is 39.6 Å². The molecule has 0 saturated carbocycles. The molecule has 0 spiro atoms. The Balaban J connectivity index is 1.46. The van der Waals surface area contributed by atoms with E-state index in [2.05, 4.69) is 13.8 Å². The summed E-state index contributed by atoms with van der Waals surface area (Å²) < 4.78 is 32.2. The van der Waals surface area contributed by atoms with Crippen molar-refractivity contribution in [1.29, 1.82) is 0 Å². The molecule has 4 rings (SSSR count). The van der Waals surface area contributed by atoms with E-state index in [1.54, 1.807) is 60.7 Å². The van der Waals surface area contributed by atoms with Crippen LogP contribution >= 0.6 is 0 Å². The Hall–Kier alpha value is -4.98. The van der Waals surface area contributed by atoms with Crippen molar-refractivity contribution in [2.45, 2.75) is 25.7 Å². The van der Waals surface area contributed by atoms with E-state index in [-0.39, 0.29) is 5.41 Å². The predicted molar refractivity (Wildman–Crippen MR) is 159 cm³/mol. The molecule has 4 aromatic carbocycles. The fourth-order valence-corrected chi connectivity index (χ4v) is 4.61. The Morgan fingerprint density at radius 2 is 0.905 bits per heavy atom. The van der Waals surface area contributed by atoms with E-state index in [1.807, 2.05) is 24.3 Å². The van der Waals surface area contributed by atoms with E-state index in [0.29, 0.717) is 45.6 Å². The molecule has 0 fully saturated rings. The number of ether oxygens (including phenoxy) is 6. The van der Waals surface area contributed by atoms with E-state index < -0.39 is 11.9 Å². The second-order valence-electron chi connectivity index (χ2n) is 9.65. The van der Waals surface area contributed by atoms with Gasteiger partial charge in [0.1, 0.15) is 11.5 Å². The van der Waals surface area contributed by atoms with Crippen LogP contribution in [-0.2, 0) is 5.41 Å². The van der Waals surface area contributed by atoms with Crippen LogP contribution in [0.3, 0.4) is 0 Å². The summed E-state index contributed by atoms with van der Waals surface area (Å²) in [6.07, 6.45) is 0.808. The van der Waals surface area contributed by atoms with E-state index in [4.69, 9.17) is 28.4 Å². The molecule has 218 valence electrons. The van der Waals surface area contributed by atoms with E-state index in [9.17, 15) is 9.59 Å². The first-order valence-corrected chi connectivity index (χ1v) is 13.4. The second-order valence-corrected chi connectivity index (χ2v) is 9.65. The maximum atomic E-state index is 12.7. The molecule has 0 aliphatic rings. The summed E-state index contributed by atoms with van der Waals surface area (Å²) in [5.41, 5.74) is 2.46. The lowest BCUT2D eigenvalue weighted by Crippen LogP contribution is -2.22. The Morgan fingerprint density at radius 3 is 1.21 bits per heavy atom. The Morgan fingerprint density at radius 1 is 0.548 bits per heavy atom. The number of rotatable bonds is 11. The molecular weight excluding hydrogens is 536 g/mol. The number of benzene rings is 4. The third-order valence-corrected chi connectivity index (χ3v) is 7.35. The molecule has 0 saturated heterocycles. The molecule has 0 amide bonds. The maximum Gasteiger partial charge on any atom is 0.343 e. The van der Waals surface area contributed by atoms with Gasteiger partial charge in [-0.2, -0.15) is 0 Å². The SMILES string of the molecule is CCC(C)(c1ccc(OC(=O)c2ccc(OC)c(OC)c2)cc1)c1ccc(OC(=O)c2ccc(OC)c(OC)c2)cc1. The smallest absolute Gasteiger partial charge is 0.343 e. The number of methoxy groups -OCH3 is 4. The average molecular weight is 571 g/mol. The van der Waals surface area contributed by atoms with Gasteiger partial charge in [0, 0.05) is 5.41 Å². The minimum atomic E-state index is -0.500. The highest BCUT2D eigenvalue weighted by Crippen LogP contribution is 2.37. The second kappa shape index (κ2) is 13.1. The lowest BCUT2D eigenvalue weighted by Gasteiger charge is -2.30. The first kappa shape index (κ1) is 30.0. The third-order valence-electron chi connectivity index (χ3n) is 7.35. The monoisotopic (exact) mass is 570 g/mol. The lowest BCUT2D eigenvalue weighted by atomic mass is 9.74. The summed E-state index contributed by atoms with van der Waals surface area (Å²) in [7, 11) is 6.09. The molecule has 0 N–H and O–H groups in total. The van der Waals surface area contributed by atoms with Gasteiger partial charge < -0.3 is 28.4 Å². The minimum absolute atomic E-state index is 0.336. The maximum absolute atomic E-state index is 12.7. The largest absolute Gasteiger partial charge is 0.493 e. The van der Waals surface area contributed by atoms with Crippen molar-refractivity contribution in [1.82, 2.24) is 0 Å². The molecule has 4 aromatic rings. The Labute approximate surface area is 245 Å². The number of hydrogen-bond acceptors (Lipinski definition) is 8. The lowest BCUT2D eigenvalue weighted by molar-refractivity contribution is 0.0724. The zero-order chi connectivity index (χ0) is 30.3. The van der Waals surface area contributed by atoms with Gasteiger partial charge in [-0.15, -0.1) is 0 Å². The predicted octanol–water partition coefficient (Wildman–Crippen LogP) is 6.88. The van der Waals surface area contributed by atoms with Gasteiger partial charge in [-0.3, -0.25) is 0 Å². The first-order valence-electron chi connectivity index (χ1n) is 13.4. The number of carbonyl (C=O) groups excluding carboxylic acids is 2. The number of hydrogen-bond donors (Lipinski definition) is 0. The first-order chi connectivity index (χ1) is 20.3. The van der Waals surface area contributed by atoms with Gasteiger partial charge in [0.25, 0.3) is 0 Å². The minimum Gasteiger partial charge on any atom is -0.493 e. The summed E-state index contributed by atoms with van der Waals surface area (Å²) in [4.78, 5) is 25.5. The molecule has 0 bridgehead atoms. The van der Waals surface area contributed by atoms with Crippen LogP contribution in [0.5, 0.6) is 34.5 Å². The van der Waals surface area contributed by atoms with Crippen molar-refractivity contribution >= 4 is 11.9 Å². The van der Waals surface area contributed by atoms with Gasteiger partial charge in [0.2, 0.25) is 0 Å². The van der Waals surface area contributed by atoms with Crippen LogP contribution in [0, 0.1) is 0 Å². The van der Waals surface area contributed by atoms with Crippen LogP contribution in [0.25, 0.3) is 0 Å². The summed E-state index contributed by atoms with van der Waals surface area (Å²) in [5.74, 6) is 1.80. The Kier molecular flexibility index (Phi) is 9.37. The van der Waals surface area contributed by atoms with Crippen LogP contribution in [0.1, 0.15) is 52.1 Å². The molecule has 0 aromatic heterocycles. The molecule has 8 nitrogen and oxygen atoms in total. The van der Waals surface area contributed by atoms with Crippen molar-refractivity contribution in [3.63, 3.8) is 0 Å². The highest BCUT2D eigenvalue weighted by molar-refractivity contribution is 5.92. The summed E-state index contributed by atoms with van der Waals surface area (Å²) in [6, 6.07) is 24.7. The van der Waals surface area contributed by atoms with Crippen LogP contribution in [0.4, 0.5) is 0 Å². The van der Waals surface area contributed by atoms with Crippen LogP contribution in [-0.4, -0.2) is 40.4 Å². The van der Waals surface area contributed by atoms with E-state index >= 15 is 0 Å². The van der Waals surface area contributed by atoms with Crippen LogP contribution < -0.4 is 28.4 Å². The highest BCUT2D eigenvalue weighted by atomic mass is 16.5. The molecule has 0 radical (unpaired) electrons. The van der Waals surface area contributed by atoms with Gasteiger partial charge in [-0.05, 0) is 78.2 Å². The van der Waals surface area contributed by atoms with Crippen molar-refractivity contribution in [3.05, 3.63) is 107 Å². The fourth-order valence-electron chi connectivity index (χ4n) is 4.61.